The second-order valence-electron chi connectivity index (χ2n) is 9.49. The Bertz CT molecular complexity index is 1240. The number of carbonyl (C=O) groups excluding carboxylic acids is 1. The van der Waals surface area contributed by atoms with E-state index in [4.69, 9.17) is 11.6 Å². The Balaban J connectivity index is 1.36. The number of nitrogens with one attached hydrogen (secondary N) is 2. The van der Waals surface area contributed by atoms with Crippen molar-refractivity contribution in [2.75, 3.05) is 6.54 Å². The minimum Gasteiger partial charge on any atom is -0.352 e. The van der Waals surface area contributed by atoms with Crippen LogP contribution in [0.5, 0.6) is 0 Å². The number of benzene rings is 2. The second kappa shape index (κ2) is 10.7. The summed E-state index contributed by atoms with van der Waals surface area (Å²) in [6.07, 6.45) is -7.27. The minimum absolute atomic E-state index is 0.101. The Morgan fingerprint density at radius 1 is 0.921 bits per heavy atom. The molecule has 2 bridgehead atoms. The van der Waals surface area contributed by atoms with Gasteiger partial charge in [0.15, 0.2) is 0 Å². The van der Waals surface area contributed by atoms with Gasteiger partial charge in [-0.3, -0.25) is 9.69 Å². The summed E-state index contributed by atoms with van der Waals surface area (Å²) in [5.41, 5.74) is -2.43. The van der Waals surface area contributed by atoms with E-state index in [-0.39, 0.29) is 36.3 Å². The standard InChI is InChI=1S/C24H24ClF6N3O3S/c25-17-3-1-14(2-4-17)13-34-19-5-6-20(34)11-18(10-19)33-22(35)12-32-38(36,37)21-8-15(23(26,27)28)7-16(9-21)24(29,30)31/h1-4,7-9,18-20,32H,5-6,10-13H2,(H,33,35)/t18-,19+,20-. The highest BCUT2D eigenvalue weighted by Crippen LogP contribution is 2.38. The summed E-state index contributed by atoms with van der Waals surface area (Å²) in [4.78, 5) is 13.6. The van der Waals surface area contributed by atoms with E-state index in [1.54, 1.807) is 0 Å². The van der Waals surface area contributed by atoms with Crippen molar-refractivity contribution >= 4 is 27.5 Å². The van der Waals surface area contributed by atoms with Gasteiger partial charge in [0.05, 0.1) is 22.6 Å². The van der Waals surface area contributed by atoms with Crippen LogP contribution in [0.4, 0.5) is 26.3 Å². The zero-order valence-electron chi connectivity index (χ0n) is 19.7. The number of nitrogens with zero attached hydrogens (tertiary/aromatic N) is 1. The number of fused-ring (bicyclic) bond motifs is 2. The number of amides is 1. The van der Waals surface area contributed by atoms with Gasteiger partial charge in [-0.15, -0.1) is 0 Å². The van der Waals surface area contributed by atoms with Gasteiger partial charge in [0.1, 0.15) is 0 Å². The summed E-state index contributed by atoms with van der Waals surface area (Å²) in [5.74, 6) is -0.729. The van der Waals surface area contributed by atoms with Gasteiger partial charge >= 0.3 is 12.4 Å². The van der Waals surface area contributed by atoms with Crippen molar-refractivity contribution in [1.29, 1.82) is 0 Å². The van der Waals surface area contributed by atoms with Crippen LogP contribution in [0.2, 0.25) is 5.02 Å². The molecule has 0 radical (unpaired) electrons. The number of sulfonamides is 1. The number of hydrogen-bond donors (Lipinski definition) is 2. The Labute approximate surface area is 220 Å². The first kappa shape index (κ1) is 28.7. The van der Waals surface area contributed by atoms with E-state index in [2.05, 4.69) is 10.2 Å². The van der Waals surface area contributed by atoms with Gasteiger partial charge in [0.2, 0.25) is 15.9 Å². The molecule has 14 heteroatoms. The third kappa shape index (κ3) is 6.80. The molecule has 0 spiro atoms. The molecule has 3 atom stereocenters. The van der Waals surface area contributed by atoms with Gasteiger partial charge in [-0.25, -0.2) is 13.1 Å². The topological polar surface area (TPSA) is 78.5 Å². The van der Waals surface area contributed by atoms with E-state index in [1.807, 2.05) is 29.0 Å². The van der Waals surface area contributed by atoms with Crippen LogP contribution in [0.25, 0.3) is 0 Å². The molecule has 2 saturated heterocycles. The summed E-state index contributed by atoms with van der Waals surface area (Å²) < 4.78 is 105. The van der Waals surface area contributed by atoms with E-state index in [1.165, 1.54) is 0 Å². The van der Waals surface area contributed by atoms with Crippen molar-refractivity contribution in [3.63, 3.8) is 0 Å². The normalized spacial score (nSPS) is 22.4. The molecule has 208 valence electrons. The number of hydrogen-bond acceptors (Lipinski definition) is 4. The monoisotopic (exact) mass is 583 g/mol. The summed E-state index contributed by atoms with van der Waals surface area (Å²) in [6, 6.07) is 7.73. The number of alkyl halides is 6. The zero-order chi connectivity index (χ0) is 27.9. The van der Waals surface area contributed by atoms with Crippen molar-refractivity contribution in [1.82, 2.24) is 14.9 Å². The summed E-state index contributed by atoms with van der Waals surface area (Å²) >= 11 is 5.94. The maximum atomic E-state index is 13.1. The highest BCUT2D eigenvalue weighted by atomic mass is 35.5. The maximum absolute atomic E-state index is 13.1. The van der Waals surface area contributed by atoms with Crippen LogP contribution >= 0.6 is 11.6 Å². The first-order valence-corrected chi connectivity index (χ1v) is 13.6. The maximum Gasteiger partial charge on any atom is 0.416 e. The van der Waals surface area contributed by atoms with Crippen LogP contribution < -0.4 is 10.0 Å². The minimum atomic E-state index is -5.20. The fraction of sp³-hybridized carbons (Fsp3) is 0.458. The van der Waals surface area contributed by atoms with E-state index in [0.29, 0.717) is 17.9 Å². The predicted molar refractivity (Wildman–Crippen MR) is 127 cm³/mol. The summed E-state index contributed by atoms with van der Waals surface area (Å²) in [5, 5.41) is 3.38. The number of halogens is 7. The second-order valence-corrected chi connectivity index (χ2v) is 11.7. The van der Waals surface area contributed by atoms with Gasteiger partial charge in [0, 0.05) is 29.7 Å². The molecule has 2 aliphatic rings. The van der Waals surface area contributed by atoms with Gasteiger partial charge < -0.3 is 5.32 Å². The summed E-state index contributed by atoms with van der Waals surface area (Å²) in [7, 11) is -4.85. The first-order chi connectivity index (χ1) is 17.6. The Hall–Kier alpha value is -2.35. The van der Waals surface area contributed by atoms with Gasteiger partial charge in [-0.1, -0.05) is 23.7 Å². The molecule has 2 N–H and O–H groups in total. The molecule has 2 fully saturated rings. The lowest BCUT2D eigenvalue weighted by Gasteiger charge is -2.39. The molecule has 6 nitrogen and oxygen atoms in total. The molecule has 38 heavy (non-hydrogen) atoms. The molecular weight excluding hydrogens is 560 g/mol. The van der Waals surface area contributed by atoms with Crippen LogP contribution in [-0.2, 0) is 33.7 Å². The third-order valence-electron chi connectivity index (χ3n) is 6.82. The van der Waals surface area contributed by atoms with Crippen LogP contribution in [0, 0.1) is 0 Å². The van der Waals surface area contributed by atoms with Gasteiger partial charge in [0.25, 0.3) is 0 Å². The smallest absolute Gasteiger partial charge is 0.352 e. The van der Waals surface area contributed by atoms with E-state index in [0.717, 1.165) is 24.9 Å². The Morgan fingerprint density at radius 3 is 1.95 bits per heavy atom. The molecule has 0 aliphatic carbocycles. The van der Waals surface area contributed by atoms with Gasteiger partial charge in [-0.2, -0.15) is 26.3 Å². The van der Waals surface area contributed by atoms with Crippen LogP contribution in [0.3, 0.4) is 0 Å². The van der Waals surface area contributed by atoms with E-state index in [9.17, 15) is 39.6 Å². The fourth-order valence-electron chi connectivity index (χ4n) is 5.05. The van der Waals surface area contributed by atoms with Crippen LogP contribution in [0.15, 0.2) is 47.4 Å². The SMILES string of the molecule is O=C(CNS(=O)(=O)c1cc(C(F)(F)F)cc(C(F)(F)F)c1)N[C@H]1C[C@H]2CC[C@@H](C1)N2Cc1ccc(Cl)cc1. The lowest BCUT2D eigenvalue weighted by atomic mass is 9.96. The van der Waals surface area contributed by atoms with Crippen molar-refractivity contribution in [3.05, 3.63) is 64.2 Å². The molecule has 0 aromatic heterocycles. The molecule has 0 saturated carbocycles. The molecule has 2 aliphatic heterocycles. The van der Waals surface area contributed by atoms with Crippen molar-refractivity contribution < 1.29 is 39.6 Å². The Morgan fingerprint density at radius 2 is 1.45 bits per heavy atom. The number of rotatable bonds is 7. The largest absolute Gasteiger partial charge is 0.416 e. The molecule has 2 aromatic rings. The third-order valence-corrected chi connectivity index (χ3v) is 8.45. The summed E-state index contributed by atoms with van der Waals surface area (Å²) in [6.45, 7) is -0.107. The lowest BCUT2D eigenvalue weighted by molar-refractivity contribution is -0.143. The zero-order valence-corrected chi connectivity index (χ0v) is 21.3. The Kier molecular flexibility index (Phi) is 8.04. The molecule has 2 heterocycles. The average Bonchev–Trinajstić information content (AvgIpc) is 3.05. The van der Waals surface area contributed by atoms with E-state index >= 15 is 0 Å². The van der Waals surface area contributed by atoms with Crippen LogP contribution in [0.1, 0.15) is 42.4 Å². The van der Waals surface area contributed by atoms with Gasteiger partial charge in [-0.05, 0) is 61.6 Å². The van der Waals surface area contributed by atoms with Crippen molar-refractivity contribution in [3.8, 4) is 0 Å². The molecule has 4 rings (SSSR count). The average molecular weight is 584 g/mol. The van der Waals surface area contributed by atoms with Crippen LogP contribution in [-0.4, -0.2) is 43.9 Å². The molecular formula is C24H24ClF6N3O3S. The number of piperidine rings is 1. The van der Waals surface area contributed by atoms with Crippen molar-refractivity contribution in [2.45, 2.75) is 67.6 Å². The highest BCUT2D eigenvalue weighted by molar-refractivity contribution is 7.89. The fourth-order valence-corrected chi connectivity index (χ4v) is 6.23. The van der Waals surface area contributed by atoms with E-state index < -0.39 is 50.9 Å². The first-order valence-electron chi connectivity index (χ1n) is 11.7. The molecule has 0 unspecified atom stereocenters. The quantitative estimate of drug-likeness (QED) is 0.452. The predicted octanol–water partition coefficient (Wildman–Crippen LogP) is 4.97. The lowest BCUT2D eigenvalue weighted by Crippen LogP contribution is -2.51. The molecule has 2 aromatic carbocycles. The molecule has 1 amide bonds. The number of carbonyl (C=O) groups is 1. The highest BCUT2D eigenvalue weighted by Gasteiger charge is 2.41. The van der Waals surface area contributed by atoms with Crippen molar-refractivity contribution in [2.24, 2.45) is 0 Å².